The summed E-state index contributed by atoms with van der Waals surface area (Å²) in [6, 6.07) is 0. The highest BCUT2D eigenvalue weighted by atomic mass is 31.3. The number of methoxy groups -OCH3 is 3. The van der Waals surface area contributed by atoms with E-state index in [2.05, 4.69) is 48.5 Å². The number of hydrogen-bond donors (Lipinski definition) is 11. The summed E-state index contributed by atoms with van der Waals surface area (Å²) in [6.45, 7) is -3.04. The normalized spacial score (nSPS) is 29.8. The number of aliphatic hydroxyl groups excluding tert-OH is 2. The SMILES string of the molecule is COCC[C@H]1[C@@H](O)[C@H]([n+]2cn(C)c3c(=O)[nH]c(N)nc32)O[C@@H]1COP(=O)(O)OP(=O)(O)OP(=O)(O)OC[C@H]1O[C@@H](n2cnc3c(N)ncnc32)[C@H](OC)[C@@H]1P(=O)(O)OC[C@H]1O[C@@H](n2cnc3c(=O)[nH]c(N)nc32)[C@H](OC)[C@@H]1O. The van der Waals surface area contributed by atoms with Gasteiger partial charge in [-0.1, -0.05) is 4.98 Å². The summed E-state index contributed by atoms with van der Waals surface area (Å²) in [7, 11) is -18.0. The molecule has 0 saturated carbocycles. The maximum absolute atomic E-state index is 14.5. The molecule has 78 heavy (non-hydrogen) atoms. The number of fused-ring (bicyclic) bond motifs is 3. The summed E-state index contributed by atoms with van der Waals surface area (Å²) in [5.41, 5.74) is 14.2. The Labute approximate surface area is 435 Å². The second kappa shape index (κ2) is 22.1. The van der Waals surface area contributed by atoms with Crippen LogP contribution >= 0.6 is 31.1 Å². The lowest BCUT2D eigenvalue weighted by atomic mass is 9.95. The number of hydrogen-bond acceptors (Lipinski definition) is 28. The van der Waals surface area contributed by atoms with Gasteiger partial charge in [0.25, 0.3) is 17.1 Å². The van der Waals surface area contributed by atoms with Gasteiger partial charge in [-0.15, -0.1) is 0 Å². The van der Waals surface area contributed by atoms with E-state index in [1.54, 1.807) is 0 Å². The Kier molecular flexibility index (Phi) is 16.3. The first-order chi connectivity index (χ1) is 36.8. The molecule has 3 fully saturated rings. The summed E-state index contributed by atoms with van der Waals surface area (Å²) >= 11 is 0. The molecule has 9 heterocycles. The van der Waals surface area contributed by atoms with Crippen molar-refractivity contribution in [3.8, 4) is 0 Å². The number of nitrogens with zero attached hydrogens (tertiary/aromatic N) is 10. The molecule has 0 amide bonds. The highest BCUT2D eigenvalue weighted by Crippen LogP contribution is 2.68. The Balaban J connectivity index is 0.895. The molecule has 428 valence electrons. The van der Waals surface area contributed by atoms with Gasteiger partial charge in [-0.3, -0.25) is 46.9 Å². The van der Waals surface area contributed by atoms with Crippen LogP contribution in [0.4, 0.5) is 17.7 Å². The molecular formula is C36H52N15O23P4+. The van der Waals surface area contributed by atoms with Crippen LogP contribution in [-0.2, 0) is 75.9 Å². The summed E-state index contributed by atoms with van der Waals surface area (Å²) in [4.78, 5) is 97.9. The number of nitrogens with two attached hydrogens (primary N) is 3. The van der Waals surface area contributed by atoms with Crippen LogP contribution in [0.3, 0.4) is 0 Å². The van der Waals surface area contributed by atoms with Crippen LogP contribution in [-0.4, -0.2) is 180 Å². The number of nitrogen functional groups attached to an aromatic ring is 3. The van der Waals surface area contributed by atoms with Gasteiger partial charge in [0, 0.05) is 33.9 Å². The van der Waals surface area contributed by atoms with E-state index in [1.807, 2.05) is 0 Å². The Morgan fingerprint density at radius 1 is 0.705 bits per heavy atom. The predicted octanol–water partition coefficient (Wildman–Crippen LogP) is -2.70. The number of rotatable bonds is 22. The molecular weight excluding hydrogens is 1130 g/mol. The van der Waals surface area contributed by atoms with Crippen LogP contribution in [0, 0.1) is 5.92 Å². The minimum Gasteiger partial charge on any atom is -0.387 e. The Bertz CT molecular complexity index is 3530. The van der Waals surface area contributed by atoms with Crippen LogP contribution in [0.2, 0.25) is 0 Å². The molecule has 0 aliphatic carbocycles. The average molecular weight is 1190 g/mol. The number of nitrogens with one attached hydrogen (secondary N) is 2. The molecule has 14 N–H and O–H groups in total. The summed E-state index contributed by atoms with van der Waals surface area (Å²) in [6.07, 6.45) is -9.66. The van der Waals surface area contributed by atoms with Gasteiger partial charge in [0.1, 0.15) is 54.1 Å². The van der Waals surface area contributed by atoms with Crippen molar-refractivity contribution in [3.63, 3.8) is 0 Å². The van der Waals surface area contributed by atoms with E-state index in [0.717, 1.165) is 19.8 Å². The molecule has 9 rings (SSSR count). The van der Waals surface area contributed by atoms with Gasteiger partial charge in [-0.25, -0.2) is 38.2 Å². The van der Waals surface area contributed by atoms with Gasteiger partial charge in [-0.2, -0.15) is 13.6 Å². The standard InChI is InChI=1S/C36H51N15O23P4/c1-48-13-51(29-20(48)31(55)47-36(39)45-29)32-21(52)14(5-6-64-2)15(70-32)7-68-76(58,59)73-78(62,63)74-77(60,61)69-9-17-25(24(66-4)34(72-17)49-11-42-18-26(37)40-10-41-27(18)49)75(56,57)67-8-16-22(53)23(65-3)33(71-16)50-12-43-19-28(50)44-35(38)46-30(19)54/h10-17,21-25,32-34,52-53H,5-9H2,1-4H3,(H11-,37,38,39,40,41,44,45,46,47,54,55,56,57,58,59,60,61,62,63)/p+1/t14-,15-,16-,17-,21-,22-,23-,24-,25-,32-,33-,34-/m1/s1. The van der Waals surface area contributed by atoms with Crippen molar-refractivity contribution in [2.75, 3.05) is 65.0 Å². The van der Waals surface area contributed by atoms with Gasteiger partial charge in [-0.05, 0) is 6.42 Å². The fraction of sp³-hybridized carbons (Fsp3) is 0.583. The van der Waals surface area contributed by atoms with E-state index in [0.29, 0.717) is 0 Å². The highest BCUT2D eigenvalue weighted by molar-refractivity contribution is 7.66. The average Bonchev–Trinajstić information content (AvgIpc) is 4.43. The van der Waals surface area contributed by atoms with Crippen LogP contribution < -0.4 is 32.9 Å². The topological polar surface area (TPSA) is 531 Å². The van der Waals surface area contributed by atoms with Gasteiger partial charge >= 0.3 is 36.7 Å². The molecule has 6 aromatic rings. The Hall–Kier alpha value is -5.11. The second-order valence-corrected chi connectivity index (χ2v) is 24.3. The van der Waals surface area contributed by atoms with E-state index >= 15 is 0 Å². The minimum atomic E-state index is -6.18. The van der Waals surface area contributed by atoms with Gasteiger partial charge in [0.05, 0.1) is 45.6 Å². The molecule has 3 aliphatic rings. The van der Waals surface area contributed by atoms with E-state index in [1.165, 1.54) is 52.2 Å². The van der Waals surface area contributed by atoms with Crippen LogP contribution in [0.5, 0.6) is 0 Å². The van der Waals surface area contributed by atoms with Gasteiger partial charge in [0.2, 0.25) is 17.7 Å². The number of phosphoric ester groups is 2. The molecule has 6 aromatic heterocycles. The van der Waals surface area contributed by atoms with Crippen molar-refractivity contribution in [3.05, 3.63) is 46.0 Å². The maximum Gasteiger partial charge on any atom is 0.490 e. The Morgan fingerprint density at radius 3 is 1.96 bits per heavy atom. The number of aryl methyl sites for hydroxylation is 1. The lowest BCUT2D eigenvalue weighted by molar-refractivity contribution is -0.745. The predicted molar refractivity (Wildman–Crippen MR) is 257 cm³/mol. The first kappa shape index (κ1) is 57.6. The fourth-order valence-electron chi connectivity index (χ4n) is 9.43. The van der Waals surface area contributed by atoms with Gasteiger partial charge in [0.15, 0.2) is 41.4 Å². The first-order valence-corrected chi connectivity index (χ1v) is 28.9. The Morgan fingerprint density at radius 2 is 1.29 bits per heavy atom. The second-order valence-electron chi connectivity index (χ2n) is 17.6. The van der Waals surface area contributed by atoms with Crippen LogP contribution in [0.15, 0.2) is 34.9 Å². The number of phosphoric acid groups is 3. The van der Waals surface area contributed by atoms with Crippen molar-refractivity contribution in [1.82, 2.24) is 53.6 Å². The lowest BCUT2D eigenvalue weighted by Crippen LogP contribution is -2.45. The van der Waals surface area contributed by atoms with Crippen molar-refractivity contribution in [2.24, 2.45) is 13.0 Å². The van der Waals surface area contributed by atoms with Crippen molar-refractivity contribution >= 4 is 82.3 Å². The quantitative estimate of drug-likeness (QED) is 0.0243. The highest BCUT2D eigenvalue weighted by Gasteiger charge is 2.58. The maximum atomic E-state index is 14.5. The molecule has 3 aliphatic heterocycles. The molecule has 16 atom stereocenters. The molecule has 3 saturated heterocycles. The first-order valence-electron chi connectivity index (χ1n) is 22.7. The van der Waals surface area contributed by atoms with E-state index in [9.17, 15) is 57.6 Å². The molecule has 4 unspecified atom stereocenters. The third-order valence-electron chi connectivity index (χ3n) is 12.8. The summed E-state index contributed by atoms with van der Waals surface area (Å²) in [5.74, 6) is -1.53. The smallest absolute Gasteiger partial charge is 0.387 e. The van der Waals surface area contributed by atoms with Crippen molar-refractivity contribution in [2.45, 2.75) is 73.5 Å². The molecule has 0 radical (unpaired) electrons. The largest absolute Gasteiger partial charge is 0.490 e. The van der Waals surface area contributed by atoms with Gasteiger partial charge < -0.3 is 79.9 Å². The molecule has 0 aromatic carbocycles. The van der Waals surface area contributed by atoms with Crippen molar-refractivity contribution < 1.29 is 103 Å². The number of aliphatic hydroxyl groups is 2. The van der Waals surface area contributed by atoms with E-state index in [4.69, 9.17) is 59.2 Å². The summed E-state index contributed by atoms with van der Waals surface area (Å²) in [5, 5.41) is 22.7. The zero-order valence-electron chi connectivity index (χ0n) is 40.9. The van der Waals surface area contributed by atoms with Crippen LogP contribution in [0.25, 0.3) is 33.5 Å². The monoisotopic (exact) mass is 1190 g/mol. The van der Waals surface area contributed by atoms with Crippen molar-refractivity contribution in [1.29, 1.82) is 0 Å². The number of H-pyrrole nitrogens is 2. The number of aromatic amines is 2. The summed E-state index contributed by atoms with van der Waals surface area (Å²) < 4.78 is 118. The molecule has 0 spiro atoms. The molecule has 42 heteroatoms. The third kappa shape index (κ3) is 11.3. The molecule has 38 nitrogen and oxygen atoms in total. The number of ether oxygens (including phenoxy) is 6. The zero-order valence-corrected chi connectivity index (χ0v) is 44.5. The van der Waals surface area contributed by atoms with E-state index < -0.39 is 135 Å². The minimum absolute atomic E-state index is 0.00220. The van der Waals surface area contributed by atoms with E-state index in [-0.39, 0.29) is 64.2 Å². The number of aromatic nitrogens is 12. The zero-order chi connectivity index (χ0) is 56.4. The third-order valence-corrected chi connectivity index (χ3v) is 19.0. The lowest BCUT2D eigenvalue weighted by Gasteiger charge is -2.28. The number of anilines is 3. The molecule has 0 bridgehead atoms. The number of imidazole rings is 3. The van der Waals surface area contributed by atoms with Crippen LogP contribution in [0.1, 0.15) is 25.1 Å². The fourth-order valence-corrected chi connectivity index (χ4v) is 14.7.